The van der Waals surface area contributed by atoms with E-state index in [0.717, 1.165) is 49.1 Å². The van der Waals surface area contributed by atoms with Gasteiger partial charge < -0.3 is 29.4 Å². The summed E-state index contributed by atoms with van der Waals surface area (Å²) < 4.78 is 48.9. The van der Waals surface area contributed by atoms with Gasteiger partial charge in [0.15, 0.2) is 11.5 Å². The van der Waals surface area contributed by atoms with Crippen molar-refractivity contribution in [2.24, 2.45) is 0 Å². The molecular weight excluding hydrogens is 532 g/mol. The number of hydrogen-bond acceptors (Lipinski definition) is 8. The molecule has 0 heterocycles. The number of aliphatic hydroxyl groups is 1. The highest BCUT2D eigenvalue weighted by molar-refractivity contribution is 7.92. The molecule has 10 heteroatoms. The Bertz CT molecular complexity index is 1370. The lowest BCUT2D eigenvalue weighted by Gasteiger charge is -2.27. The van der Waals surface area contributed by atoms with Crippen molar-refractivity contribution in [2.45, 2.75) is 37.9 Å². The number of nitrogens with one attached hydrogen (secondary N) is 2. The average Bonchev–Trinajstić information content (AvgIpc) is 2.94. The van der Waals surface area contributed by atoms with Gasteiger partial charge >= 0.3 is 0 Å². The molecule has 3 aromatic carbocycles. The van der Waals surface area contributed by atoms with Gasteiger partial charge in [0.1, 0.15) is 30.8 Å². The number of rotatable bonds is 14. The molecule has 0 spiro atoms. The van der Waals surface area contributed by atoms with E-state index in [4.69, 9.17) is 18.9 Å². The number of benzene rings is 3. The second kappa shape index (κ2) is 13.7. The molecule has 2 atom stereocenters. The number of sulfonamides is 1. The lowest BCUT2D eigenvalue weighted by atomic mass is 9.82. The topological polar surface area (TPSA) is 115 Å². The summed E-state index contributed by atoms with van der Waals surface area (Å²) in [4.78, 5) is 0. The van der Waals surface area contributed by atoms with E-state index >= 15 is 0 Å². The Balaban J connectivity index is 1.31. The van der Waals surface area contributed by atoms with Crippen molar-refractivity contribution in [1.82, 2.24) is 5.32 Å². The molecule has 0 amide bonds. The molecule has 0 bridgehead atoms. The van der Waals surface area contributed by atoms with Gasteiger partial charge in [-0.3, -0.25) is 4.72 Å². The van der Waals surface area contributed by atoms with Gasteiger partial charge in [0.05, 0.1) is 26.2 Å². The van der Waals surface area contributed by atoms with Crippen LogP contribution >= 0.6 is 0 Å². The zero-order valence-electron chi connectivity index (χ0n) is 23.2. The van der Waals surface area contributed by atoms with Gasteiger partial charge in [0.2, 0.25) is 10.0 Å². The third kappa shape index (κ3) is 8.27. The number of aliphatic hydroxyl groups excluding tert-OH is 1. The molecule has 1 unspecified atom stereocenters. The number of fused-ring (bicyclic) bond motifs is 1. The van der Waals surface area contributed by atoms with Gasteiger partial charge in [-0.15, -0.1) is 0 Å². The fourth-order valence-electron chi connectivity index (χ4n) is 4.85. The molecule has 9 nitrogen and oxygen atoms in total. The van der Waals surface area contributed by atoms with Crippen LogP contribution in [0, 0.1) is 0 Å². The first-order chi connectivity index (χ1) is 19.3. The maximum Gasteiger partial charge on any atom is 0.229 e. The van der Waals surface area contributed by atoms with Gasteiger partial charge in [0, 0.05) is 19.2 Å². The first-order valence-corrected chi connectivity index (χ1v) is 15.2. The Morgan fingerprint density at radius 1 is 0.975 bits per heavy atom. The molecule has 4 rings (SSSR count). The van der Waals surface area contributed by atoms with Crippen LogP contribution in [0.15, 0.2) is 60.7 Å². The molecule has 0 aromatic heterocycles. The number of methoxy groups -OCH3 is 2. The highest BCUT2D eigenvalue weighted by atomic mass is 32.2. The third-order valence-electron chi connectivity index (χ3n) is 6.78. The van der Waals surface area contributed by atoms with E-state index < -0.39 is 16.1 Å². The van der Waals surface area contributed by atoms with Gasteiger partial charge in [0.25, 0.3) is 0 Å². The second-order valence-electron chi connectivity index (χ2n) is 9.92. The van der Waals surface area contributed by atoms with Gasteiger partial charge in [-0.2, -0.15) is 0 Å². The molecule has 3 aromatic rings. The maximum atomic E-state index is 11.9. The monoisotopic (exact) mass is 570 g/mol. The summed E-state index contributed by atoms with van der Waals surface area (Å²) in [5.41, 5.74) is 3.75. The Kier molecular flexibility index (Phi) is 10.1. The molecule has 0 saturated carbocycles. The summed E-state index contributed by atoms with van der Waals surface area (Å²) in [5.74, 6) is 2.58. The number of aryl methyl sites for hydroxylation is 1. The molecule has 0 fully saturated rings. The van der Waals surface area contributed by atoms with Crippen molar-refractivity contribution in [3.8, 4) is 23.0 Å². The minimum Gasteiger partial charge on any atom is -0.493 e. The van der Waals surface area contributed by atoms with Crippen LogP contribution in [0.4, 0.5) is 5.69 Å². The molecular formula is C30H38N2O7S. The van der Waals surface area contributed by atoms with E-state index in [1.165, 1.54) is 11.1 Å². The van der Waals surface area contributed by atoms with Crippen LogP contribution in [0.3, 0.4) is 0 Å². The Hall–Kier alpha value is -3.47. The molecule has 216 valence electrons. The highest BCUT2D eigenvalue weighted by Crippen LogP contribution is 2.39. The highest BCUT2D eigenvalue weighted by Gasteiger charge is 2.23. The van der Waals surface area contributed by atoms with Crippen LogP contribution in [-0.2, 0) is 23.1 Å². The summed E-state index contributed by atoms with van der Waals surface area (Å²) in [6, 6.07) is 18.6. The van der Waals surface area contributed by atoms with E-state index in [0.29, 0.717) is 24.0 Å². The van der Waals surface area contributed by atoms with Crippen LogP contribution in [0.25, 0.3) is 0 Å². The number of ether oxygens (including phenoxy) is 4. The second-order valence-corrected chi connectivity index (χ2v) is 11.7. The Morgan fingerprint density at radius 3 is 2.45 bits per heavy atom. The van der Waals surface area contributed by atoms with Crippen molar-refractivity contribution in [3.05, 3.63) is 77.4 Å². The van der Waals surface area contributed by atoms with Gasteiger partial charge in [-0.05, 0) is 66.1 Å². The number of anilines is 1. The smallest absolute Gasteiger partial charge is 0.229 e. The van der Waals surface area contributed by atoms with E-state index in [2.05, 4.69) is 22.2 Å². The normalized spacial score (nSPS) is 15.6. The van der Waals surface area contributed by atoms with Crippen LogP contribution in [-0.4, -0.2) is 59.8 Å². The fourth-order valence-corrected chi connectivity index (χ4v) is 5.41. The van der Waals surface area contributed by atoms with Crippen molar-refractivity contribution in [1.29, 1.82) is 0 Å². The van der Waals surface area contributed by atoms with Crippen LogP contribution in [0.2, 0.25) is 0 Å². The van der Waals surface area contributed by atoms with Crippen molar-refractivity contribution in [2.75, 3.05) is 44.9 Å². The van der Waals surface area contributed by atoms with Crippen molar-refractivity contribution in [3.63, 3.8) is 0 Å². The largest absolute Gasteiger partial charge is 0.493 e. The zero-order chi connectivity index (χ0) is 28.5. The van der Waals surface area contributed by atoms with E-state index in [1.807, 2.05) is 30.3 Å². The van der Waals surface area contributed by atoms with Gasteiger partial charge in [-0.25, -0.2) is 8.42 Å². The summed E-state index contributed by atoms with van der Waals surface area (Å²) in [6.45, 7) is 1.40. The summed E-state index contributed by atoms with van der Waals surface area (Å²) in [5, 5.41) is 13.9. The first kappa shape index (κ1) is 29.5. The molecule has 40 heavy (non-hydrogen) atoms. The molecule has 1 aliphatic rings. The predicted molar refractivity (Wildman–Crippen MR) is 155 cm³/mol. The SMILES string of the molecule is COc1cc2c(cc1OC)C(CNC[C@H](O)COc1ccc(OCc3ccccc3)c(NS(C)(=O)=O)c1)CCC2. The lowest BCUT2D eigenvalue weighted by Crippen LogP contribution is -2.34. The van der Waals surface area contributed by atoms with Crippen molar-refractivity contribution >= 4 is 15.7 Å². The molecule has 3 N–H and O–H groups in total. The fraction of sp³-hybridized carbons (Fsp3) is 0.400. The predicted octanol–water partition coefficient (Wildman–Crippen LogP) is 4.10. The van der Waals surface area contributed by atoms with Crippen LogP contribution in [0.5, 0.6) is 23.0 Å². The molecule has 1 aliphatic carbocycles. The van der Waals surface area contributed by atoms with Crippen LogP contribution < -0.4 is 29.0 Å². The number of hydrogen-bond donors (Lipinski definition) is 3. The van der Waals surface area contributed by atoms with E-state index in [9.17, 15) is 13.5 Å². The minimum atomic E-state index is -3.54. The van der Waals surface area contributed by atoms with Crippen LogP contribution in [0.1, 0.15) is 35.4 Å². The summed E-state index contributed by atoms with van der Waals surface area (Å²) in [7, 11) is -0.256. The Labute approximate surface area is 236 Å². The summed E-state index contributed by atoms with van der Waals surface area (Å²) in [6.07, 6.45) is 3.48. The first-order valence-electron chi connectivity index (χ1n) is 13.3. The summed E-state index contributed by atoms with van der Waals surface area (Å²) >= 11 is 0. The molecule has 0 saturated heterocycles. The van der Waals surface area contributed by atoms with E-state index in [-0.39, 0.29) is 18.9 Å². The van der Waals surface area contributed by atoms with E-state index in [1.54, 1.807) is 32.4 Å². The standard InChI is InChI=1S/C30H38N2O7S/c1-36-29-14-22-10-7-11-23(26(22)16-30(29)37-2)17-31-18-24(33)20-38-25-12-13-28(27(15-25)32-40(3,34)35)39-19-21-8-5-4-6-9-21/h4-6,8-9,12-16,23-24,31-33H,7,10-11,17-20H2,1-3H3/t23?,24-/m0/s1. The lowest BCUT2D eigenvalue weighted by molar-refractivity contribution is 0.106. The van der Waals surface area contributed by atoms with Gasteiger partial charge in [-0.1, -0.05) is 30.3 Å². The zero-order valence-corrected chi connectivity index (χ0v) is 24.0. The minimum absolute atomic E-state index is 0.0435. The maximum absolute atomic E-state index is 11.9. The quantitative estimate of drug-likeness (QED) is 0.265. The third-order valence-corrected chi connectivity index (χ3v) is 7.37. The molecule has 0 aliphatic heterocycles. The average molecular weight is 571 g/mol. The Morgan fingerprint density at radius 2 is 1.73 bits per heavy atom. The van der Waals surface area contributed by atoms with Crippen molar-refractivity contribution < 1.29 is 32.5 Å². The molecule has 0 radical (unpaired) electrons.